The third-order valence-electron chi connectivity index (χ3n) is 3.69. The average Bonchev–Trinajstić information content (AvgIpc) is 2.51. The molecule has 5 heteroatoms. The molecule has 0 amide bonds. The van der Waals surface area contributed by atoms with Gasteiger partial charge in [0, 0.05) is 24.9 Å². The maximum atomic E-state index is 8.24. The van der Waals surface area contributed by atoms with Gasteiger partial charge >= 0.3 is 0 Å². The number of benzene rings is 2. The molecule has 1 fully saturated rings. The molecule has 112 valence electrons. The molecule has 0 saturated carbocycles. The van der Waals surface area contributed by atoms with Crippen molar-refractivity contribution in [3.8, 4) is 0 Å². The Labute approximate surface area is 135 Å². The third kappa shape index (κ3) is 3.49. The Hall–Kier alpha value is -1.29. The molecule has 1 saturated heterocycles. The maximum Gasteiger partial charge on any atom is 0.100 e. The van der Waals surface area contributed by atoms with E-state index < -0.39 is 0 Å². The molecule has 3 rings (SSSR count). The lowest BCUT2D eigenvalue weighted by molar-refractivity contribution is 0.0670. The molecule has 1 aliphatic rings. The molecule has 0 spiro atoms. The molecule has 21 heavy (non-hydrogen) atoms. The number of amidine groups is 1. The molecule has 1 N–H and O–H groups in total. The SMILES string of the molecule is Cl.N=C(Cc1ccc2ccccc2c1Cl)N1CCOCC1. The highest BCUT2D eigenvalue weighted by molar-refractivity contribution is 6.36. The zero-order chi connectivity index (χ0) is 13.9. The van der Waals surface area contributed by atoms with Crippen LogP contribution in [0.15, 0.2) is 36.4 Å². The first-order valence-electron chi connectivity index (χ1n) is 6.82. The first kappa shape index (κ1) is 16.1. The molecule has 0 bridgehead atoms. The molecule has 3 nitrogen and oxygen atoms in total. The molecule has 0 unspecified atom stereocenters. The summed E-state index contributed by atoms with van der Waals surface area (Å²) in [7, 11) is 0. The van der Waals surface area contributed by atoms with Gasteiger partial charge in [-0.25, -0.2) is 0 Å². The van der Waals surface area contributed by atoms with Gasteiger partial charge in [0.25, 0.3) is 0 Å². The van der Waals surface area contributed by atoms with Crippen LogP contribution in [-0.2, 0) is 11.2 Å². The summed E-state index contributed by atoms with van der Waals surface area (Å²) in [5.41, 5.74) is 1.02. The second-order valence-corrected chi connectivity index (χ2v) is 5.36. The van der Waals surface area contributed by atoms with Crippen molar-refractivity contribution >= 4 is 40.6 Å². The van der Waals surface area contributed by atoms with Crippen molar-refractivity contribution in [2.45, 2.75) is 6.42 Å². The second-order valence-electron chi connectivity index (χ2n) is 4.98. The van der Waals surface area contributed by atoms with Gasteiger partial charge < -0.3 is 9.64 Å². The predicted molar refractivity (Wildman–Crippen MR) is 90.0 cm³/mol. The van der Waals surface area contributed by atoms with Crippen LogP contribution in [0.25, 0.3) is 10.8 Å². The Balaban J connectivity index is 0.00000161. The lowest BCUT2D eigenvalue weighted by atomic mass is 10.0. The Morgan fingerprint density at radius 2 is 1.86 bits per heavy atom. The Morgan fingerprint density at radius 1 is 1.14 bits per heavy atom. The zero-order valence-electron chi connectivity index (χ0n) is 11.6. The summed E-state index contributed by atoms with van der Waals surface area (Å²) in [4.78, 5) is 2.06. The molecule has 0 aliphatic carbocycles. The number of morpholine rings is 1. The number of nitrogens with zero attached hydrogens (tertiary/aromatic N) is 1. The van der Waals surface area contributed by atoms with E-state index in [2.05, 4.69) is 17.0 Å². The Morgan fingerprint density at radius 3 is 2.62 bits per heavy atom. The molecule has 2 aromatic rings. The minimum absolute atomic E-state index is 0. The largest absolute Gasteiger partial charge is 0.378 e. The van der Waals surface area contributed by atoms with E-state index in [9.17, 15) is 0 Å². The minimum Gasteiger partial charge on any atom is -0.378 e. The fourth-order valence-electron chi connectivity index (χ4n) is 2.54. The number of ether oxygens (including phenoxy) is 1. The molecule has 0 aromatic heterocycles. The summed E-state index contributed by atoms with van der Waals surface area (Å²) in [6, 6.07) is 12.2. The third-order valence-corrected chi connectivity index (χ3v) is 4.14. The number of fused-ring (bicyclic) bond motifs is 1. The summed E-state index contributed by atoms with van der Waals surface area (Å²) in [5, 5.41) is 11.2. The van der Waals surface area contributed by atoms with Crippen LogP contribution >= 0.6 is 24.0 Å². The summed E-state index contributed by atoms with van der Waals surface area (Å²) in [6.45, 7) is 3.00. The van der Waals surface area contributed by atoms with E-state index in [1.165, 1.54) is 0 Å². The van der Waals surface area contributed by atoms with Gasteiger partial charge in [-0.2, -0.15) is 0 Å². The van der Waals surface area contributed by atoms with E-state index in [0.717, 1.165) is 34.4 Å². The summed E-state index contributed by atoms with van der Waals surface area (Å²) in [6.07, 6.45) is 0.573. The van der Waals surface area contributed by atoms with Crippen molar-refractivity contribution in [2.75, 3.05) is 26.3 Å². The van der Waals surface area contributed by atoms with Gasteiger partial charge in [0.1, 0.15) is 5.84 Å². The van der Waals surface area contributed by atoms with Gasteiger partial charge in [-0.15, -0.1) is 12.4 Å². The predicted octanol–water partition coefficient (Wildman–Crippen LogP) is 3.77. The van der Waals surface area contributed by atoms with Gasteiger partial charge in [-0.3, -0.25) is 5.41 Å². The van der Waals surface area contributed by atoms with Crippen LogP contribution in [0.3, 0.4) is 0 Å². The highest BCUT2D eigenvalue weighted by Gasteiger charge is 2.15. The van der Waals surface area contributed by atoms with Gasteiger partial charge in [0.05, 0.1) is 18.2 Å². The topological polar surface area (TPSA) is 36.3 Å². The van der Waals surface area contributed by atoms with Crippen molar-refractivity contribution in [3.05, 3.63) is 47.0 Å². The van der Waals surface area contributed by atoms with Gasteiger partial charge in [-0.05, 0) is 10.9 Å². The molecule has 0 radical (unpaired) electrons. The number of rotatable bonds is 2. The molecule has 0 atom stereocenters. The molecule has 2 aromatic carbocycles. The summed E-state index contributed by atoms with van der Waals surface area (Å²) < 4.78 is 5.32. The quantitative estimate of drug-likeness (QED) is 0.674. The van der Waals surface area contributed by atoms with Crippen LogP contribution in [0.5, 0.6) is 0 Å². The van der Waals surface area contributed by atoms with E-state index in [1.807, 2.05) is 24.3 Å². The molecule has 1 aliphatic heterocycles. The van der Waals surface area contributed by atoms with Crippen molar-refractivity contribution in [3.63, 3.8) is 0 Å². The lowest BCUT2D eigenvalue weighted by Crippen LogP contribution is -2.41. The van der Waals surface area contributed by atoms with Gasteiger partial charge in [0.15, 0.2) is 0 Å². The van der Waals surface area contributed by atoms with Crippen LogP contribution in [0.1, 0.15) is 5.56 Å². The van der Waals surface area contributed by atoms with E-state index >= 15 is 0 Å². The first-order valence-corrected chi connectivity index (χ1v) is 7.20. The number of hydrogen-bond acceptors (Lipinski definition) is 2. The van der Waals surface area contributed by atoms with Gasteiger partial charge in [0.2, 0.25) is 0 Å². The second kappa shape index (κ2) is 7.12. The fourth-order valence-corrected chi connectivity index (χ4v) is 2.84. The van der Waals surface area contributed by atoms with E-state index in [4.69, 9.17) is 21.7 Å². The first-order chi connectivity index (χ1) is 9.75. The van der Waals surface area contributed by atoms with Crippen molar-refractivity contribution in [1.82, 2.24) is 4.90 Å². The fraction of sp³-hybridized carbons (Fsp3) is 0.312. The van der Waals surface area contributed by atoms with Crippen molar-refractivity contribution in [2.24, 2.45) is 0 Å². The molecule has 1 heterocycles. The standard InChI is InChI=1S/C16H17ClN2O.ClH/c17-16-13(6-5-12-3-1-2-4-14(12)16)11-15(18)19-7-9-20-10-8-19;/h1-6,18H,7-11H2;1H. The lowest BCUT2D eigenvalue weighted by Gasteiger charge is -2.29. The Bertz CT molecular complexity index is 639. The van der Waals surface area contributed by atoms with Crippen LogP contribution in [-0.4, -0.2) is 37.0 Å². The van der Waals surface area contributed by atoms with E-state index in [1.54, 1.807) is 0 Å². The minimum atomic E-state index is 0. The molecular weight excluding hydrogens is 307 g/mol. The van der Waals surface area contributed by atoms with E-state index in [0.29, 0.717) is 25.5 Å². The van der Waals surface area contributed by atoms with E-state index in [-0.39, 0.29) is 12.4 Å². The summed E-state index contributed by atoms with van der Waals surface area (Å²) >= 11 is 6.48. The number of halogens is 2. The molecular formula is C16H18Cl2N2O. The smallest absolute Gasteiger partial charge is 0.100 e. The van der Waals surface area contributed by atoms with Crippen LogP contribution < -0.4 is 0 Å². The van der Waals surface area contributed by atoms with Gasteiger partial charge in [-0.1, -0.05) is 48.0 Å². The monoisotopic (exact) mass is 324 g/mol. The Kier molecular flexibility index (Phi) is 5.45. The summed E-state index contributed by atoms with van der Waals surface area (Å²) in [5.74, 6) is 0.616. The van der Waals surface area contributed by atoms with Crippen molar-refractivity contribution < 1.29 is 4.74 Å². The van der Waals surface area contributed by atoms with Crippen molar-refractivity contribution in [1.29, 1.82) is 5.41 Å². The van der Waals surface area contributed by atoms with Crippen LogP contribution in [0.4, 0.5) is 0 Å². The number of hydrogen-bond donors (Lipinski definition) is 1. The average molecular weight is 325 g/mol. The zero-order valence-corrected chi connectivity index (χ0v) is 13.2. The van der Waals surface area contributed by atoms with Crippen LogP contribution in [0.2, 0.25) is 5.02 Å². The normalized spacial score (nSPS) is 14.8. The van der Waals surface area contributed by atoms with Crippen LogP contribution in [0, 0.1) is 5.41 Å². The number of nitrogens with one attached hydrogen (secondary N) is 1. The maximum absolute atomic E-state index is 8.24. The highest BCUT2D eigenvalue weighted by atomic mass is 35.5. The highest BCUT2D eigenvalue weighted by Crippen LogP contribution is 2.27.